The molecule has 0 nitrogen and oxygen atoms in total. The Morgan fingerprint density at radius 2 is 1.67 bits per heavy atom. The first-order valence-electron chi connectivity index (χ1n) is 7.87. The van der Waals surface area contributed by atoms with Gasteiger partial charge in [0.15, 0.2) is 0 Å². The summed E-state index contributed by atoms with van der Waals surface area (Å²) in [5.74, 6) is 0.777. The van der Waals surface area contributed by atoms with Gasteiger partial charge in [0.2, 0.25) is 0 Å². The van der Waals surface area contributed by atoms with Crippen LogP contribution in [-0.2, 0) is 0 Å². The van der Waals surface area contributed by atoms with E-state index >= 15 is 0 Å². The first-order chi connectivity index (χ1) is 8.82. The predicted molar refractivity (Wildman–Crippen MR) is 79.9 cm³/mol. The topological polar surface area (TPSA) is 0 Å². The van der Waals surface area contributed by atoms with E-state index in [1.54, 1.807) is 5.56 Å². The summed E-state index contributed by atoms with van der Waals surface area (Å²) in [6.07, 6.45) is 11.3. The summed E-state index contributed by atoms with van der Waals surface area (Å²) in [6, 6.07) is 11.3. The van der Waals surface area contributed by atoms with Crippen LogP contribution >= 0.6 is 0 Å². The highest BCUT2D eigenvalue weighted by molar-refractivity contribution is 5.22. The zero-order valence-electron chi connectivity index (χ0n) is 12.1. The molecule has 1 aliphatic rings. The second-order valence-electron chi connectivity index (χ2n) is 6.04. The first-order valence-corrected chi connectivity index (χ1v) is 7.87. The average Bonchev–Trinajstić information content (AvgIpc) is 2.42. The van der Waals surface area contributed by atoms with Gasteiger partial charge in [-0.15, -0.1) is 0 Å². The lowest BCUT2D eigenvalue weighted by molar-refractivity contribution is 0.124. The van der Waals surface area contributed by atoms with Crippen molar-refractivity contribution in [3.05, 3.63) is 35.9 Å². The molecule has 18 heavy (non-hydrogen) atoms. The quantitative estimate of drug-likeness (QED) is 0.602. The fourth-order valence-electron chi connectivity index (χ4n) is 4.23. The molecule has 0 bridgehead atoms. The standard InChI is InChI=1S/C18H28/c1-3-13-18(14-9-6-10-15-18)17(4-2)16-11-7-5-8-12-16/h5,7-8,11-12,17H,3-4,6,9-10,13-15H2,1-2H3. The second kappa shape index (κ2) is 6.41. The minimum Gasteiger partial charge on any atom is -0.0654 e. The van der Waals surface area contributed by atoms with Gasteiger partial charge in [0.25, 0.3) is 0 Å². The van der Waals surface area contributed by atoms with Gasteiger partial charge >= 0.3 is 0 Å². The Balaban J connectivity index is 2.27. The Morgan fingerprint density at radius 3 is 2.22 bits per heavy atom. The molecule has 1 aromatic rings. The van der Waals surface area contributed by atoms with Crippen LogP contribution < -0.4 is 0 Å². The van der Waals surface area contributed by atoms with Gasteiger partial charge in [0.05, 0.1) is 0 Å². The Bertz CT molecular complexity index is 327. The summed E-state index contributed by atoms with van der Waals surface area (Å²) in [7, 11) is 0. The van der Waals surface area contributed by atoms with Gasteiger partial charge in [0, 0.05) is 0 Å². The molecule has 2 rings (SSSR count). The number of hydrogen-bond acceptors (Lipinski definition) is 0. The van der Waals surface area contributed by atoms with E-state index in [1.807, 2.05) is 0 Å². The molecule has 0 spiro atoms. The second-order valence-corrected chi connectivity index (χ2v) is 6.04. The molecule has 0 aliphatic heterocycles. The van der Waals surface area contributed by atoms with E-state index in [9.17, 15) is 0 Å². The number of rotatable bonds is 5. The molecule has 0 aromatic heterocycles. The Hall–Kier alpha value is -0.780. The fraction of sp³-hybridized carbons (Fsp3) is 0.667. The van der Waals surface area contributed by atoms with E-state index in [1.165, 1.54) is 51.4 Å². The first kappa shape index (κ1) is 13.6. The highest BCUT2D eigenvalue weighted by atomic mass is 14.4. The van der Waals surface area contributed by atoms with Crippen molar-refractivity contribution in [2.75, 3.05) is 0 Å². The van der Waals surface area contributed by atoms with Crippen molar-refractivity contribution in [2.45, 2.75) is 71.1 Å². The van der Waals surface area contributed by atoms with Gasteiger partial charge in [-0.05, 0) is 42.6 Å². The van der Waals surface area contributed by atoms with E-state index < -0.39 is 0 Å². The van der Waals surface area contributed by atoms with Crippen molar-refractivity contribution in [3.63, 3.8) is 0 Å². The van der Waals surface area contributed by atoms with Crippen LogP contribution in [0.25, 0.3) is 0 Å². The Kier molecular flexibility index (Phi) is 4.86. The fourth-order valence-corrected chi connectivity index (χ4v) is 4.23. The maximum absolute atomic E-state index is 2.38. The molecule has 0 heteroatoms. The van der Waals surface area contributed by atoms with Crippen LogP contribution in [0.1, 0.15) is 76.7 Å². The van der Waals surface area contributed by atoms with Crippen molar-refractivity contribution < 1.29 is 0 Å². The minimum absolute atomic E-state index is 0.600. The highest BCUT2D eigenvalue weighted by Crippen LogP contribution is 2.51. The van der Waals surface area contributed by atoms with Crippen molar-refractivity contribution >= 4 is 0 Å². The summed E-state index contributed by atoms with van der Waals surface area (Å²) in [6.45, 7) is 4.73. The molecule has 0 radical (unpaired) electrons. The van der Waals surface area contributed by atoms with Crippen LogP contribution in [0, 0.1) is 5.41 Å². The van der Waals surface area contributed by atoms with Crippen LogP contribution in [0.15, 0.2) is 30.3 Å². The van der Waals surface area contributed by atoms with Gasteiger partial charge < -0.3 is 0 Å². The molecule has 0 amide bonds. The Morgan fingerprint density at radius 1 is 1.00 bits per heavy atom. The third kappa shape index (κ3) is 2.79. The molecular formula is C18H28. The van der Waals surface area contributed by atoms with Crippen molar-refractivity contribution in [3.8, 4) is 0 Å². The molecule has 100 valence electrons. The molecular weight excluding hydrogens is 216 g/mol. The van der Waals surface area contributed by atoms with Crippen LogP contribution in [0.5, 0.6) is 0 Å². The van der Waals surface area contributed by atoms with Gasteiger partial charge in [-0.2, -0.15) is 0 Å². The zero-order chi connectivity index (χ0) is 12.8. The SMILES string of the molecule is CCCC1(C(CC)c2ccccc2)CCCCC1. The van der Waals surface area contributed by atoms with E-state index in [-0.39, 0.29) is 0 Å². The maximum atomic E-state index is 2.38. The minimum atomic E-state index is 0.600. The van der Waals surface area contributed by atoms with E-state index in [0.717, 1.165) is 5.92 Å². The van der Waals surface area contributed by atoms with Crippen molar-refractivity contribution in [2.24, 2.45) is 5.41 Å². The number of benzene rings is 1. The van der Waals surface area contributed by atoms with Gasteiger partial charge in [-0.1, -0.05) is 69.9 Å². The third-order valence-corrected chi connectivity index (χ3v) is 4.95. The van der Waals surface area contributed by atoms with Crippen molar-refractivity contribution in [1.82, 2.24) is 0 Å². The molecule has 1 atom stereocenters. The summed E-state index contributed by atoms with van der Waals surface area (Å²) in [5.41, 5.74) is 2.18. The van der Waals surface area contributed by atoms with E-state index in [2.05, 4.69) is 44.2 Å². The summed E-state index contributed by atoms with van der Waals surface area (Å²) < 4.78 is 0. The number of hydrogen-bond donors (Lipinski definition) is 0. The van der Waals surface area contributed by atoms with Crippen LogP contribution in [0.2, 0.25) is 0 Å². The summed E-state index contributed by atoms with van der Waals surface area (Å²) >= 11 is 0. The molecule has 1 fully saturated rings. The molecule has 0 N–H and O–H groups in total. The smallest absolute Gasteiger partial charge is 0.0108 e. The molecule has 1 unspecified atom stereocenters. The average molecular weight is 244 g/mol. The molecule has 0 saturated heterocycles. The normalized spacial score (nSPS) is 20.6. The van der Waals surface area contributed by atoms with E-state index in [4.69, 9.17) is 0 Å². The van der Waals surface area contributed by atoms with E-state index in [0.29, 0.717) is 5.41 Å². The summed E-state index contributed by atoms with van der Waals surface area (Å²) in [4.78, 5) is 0. The lowest BCUT2D eigenvalue weighted by Crippen LogP contribution is -2.31. The highest BCUT2D eigenvalue weighted by Gasteiger charge is 2.38. The van der Waals surface area contributed by atoms with Gasteiger partial charge in [-0.25, -0.2) is 0 Å². The third-order valence-electron chi connectivity index (χ3n) is 4.95. The summed E-state index contributed by atoms with van der Waals surface area (Å²) in [5, 5.41) is 0. The largest absolute Gasteiger partial charge is 0.0654 e. The molecule has 1 saturated carbocycles. The van der Waals surface area contributed by atoms with Crippen LogP contribution in [0.4, 0.5) is 0 Å². The predicted octanol–water partition coefficient (Wildman–Crippen LogP) is 5.93. The van der Waals surface area contributed by atoms with Crippen molar-refractivity contribution in [1.29, 1.82) is 0 Å². The Labute approximate surface area is 113 Å². The van der Waals surface area contributed by atoms with Crippen LogP contribution in [0.3, 0.4) is 0 Å². The monoisotopic (exact) mass is 244 g/mol. The zero-order valence-corrected chi connectivity index (χ0v) is 12.1. The van der Waals surface area contributed by atoms with Gasteiger partial charge in [-0.3, -0.25) is 0 Å². The molecule has 1 aliphatic carbocycles. The van der Waals surface area contributed by atoms with Crippen LogP contribution in [-0.4, -0.2) is 0 Å². The lowest BCUT2D eigenvalue weighted by atomic mass is 9.61. The molecule has 0 heterocycles. The molecule has 1 aromatic carbocycles. The maximum Gasteiger partial charge on any atom is -0.0108 e. The lowest BCUT2D eigenvalue weighted by Gasteiger charge is -2.44. The van der Waals surface area contributed by atoms with Gasteiger partial charge in [0.1, 0.15) is 0 Å².